The number of unbranched alkanes of at least 4 members (excludes halogenated alkanes) is 2. The maximum absolute atomic E-state index is 14.2. The van der Waals surface area contributed by atoms with E-state index in [0.29, 0.717) is 45.4 Å². The van der Waals surface area contributed by atoms with E-state index in [1.54, 1.807) is 26.9 Å². The first-order chi connectivity index (χ1) is 18.9. The van der Waals surface area contributed by atoms with Crippen molar-refractivity contribution in [3.63, 3.8) is 0 Å². The normalized spacial score (nSPS) is 26.9. The first-order valence-corrected chi connectivity index (χ1v) is 14.4. The third kappa shape index (κ3) is 5.54. The molecule has 0 radical (unpaired) electrons. The Hall–Kier alpha value is -2.97. The third-order valence-corrected chi connectivity index (χ3v) is 8.45. The molecule has 3 heterocycles. The number of fused-ring (bicyclic) bond motifs is 1. The van der Waals surface area contributed by atoms with Crippen LogP contribution in [0.2, 0.25) is 0 Å². The number of carbonyl (C=O) groups is 3. The van der Waals surface area contributed by atoms with Crippen LogP contribution in [-0.2, 0) is 25.7 Å². The molecule has 8 nitrogen and oxygen atoms in total. The Balaban J connectivity index is 1.66. The highest BCUT2D eigenvalue weighted by Crippen LogP contribution is 2.59. The van der Waals surface area contributed by atoms with E-state index >= 15 is 0 Å². The van der Waals surface area contributed by atoms with Crippen molar-refractivity contribution in [1.82, 2.24) is 14.7 Å². The fourth-order valence-electron chi connectivity index (χ4n) is 6.77. The lowest BCUT2D eigenvalue weighted by Crippen LogP contribution is -2.56. The van der Waals surface area contributed by atoms with Crippen molar-refractivity contribution in [1.29, 1.82) is 0 Å². The van der Waals surface area contributed by atoms with Gasteiger partial charge >= 0.3 is 0 Å². The SMILES string of the molecule is C=CCN(CCCCC)C(=O)C1N(CCCO)C(=O)[C@@H]2[C@H](C(=O)N(CC=C)Cc3ccccc3)[C@@H]3CCC12O3. The number of aliphatic hydroxyl groups is 1. The zero-order valence-electron chi connectivity index (χ0n) is 23.2. The van der Waals surface area contributed by atoms with Crippen molar-refractivity contribution in [3.8, 4) is 0 Å². The van der Waals surface area contributed by atoms with Crippen LogP contribution in [0.5, 0.6) is 0 Å². The maximum atomic E-state index is 14.2. The topological polar surface area (TPSA) is 90.4 Å². The average molecular weight is 538 g/mol. The van der Waals surface area contributed by atoms with Crippen LogP contribution in [0.25, 0.3) is 0 Å². The van der Waals surface area contributed by atoms with E-state index in [9.17, 15) is 19.5 Å². The van der Waals surface area contributed by atoms with Crippen LogP contribution in [0.4, 0.5) is 0 Å². The Morgan fingerprint density at radius 2 is 1.82 bits per heavy atom. The monoisotopic (exact) mass is 537 g/mol. The number of likely N-dealkylation sites (tertiary alicyclic amines) is 1. The third-order valence-electron chi connectivity index (χ3n) is 8.45. The van der Waals surface area contributed by atoms with E-state index in [-0.39, 0.29) is 30.9 Å². The molecule has 3 saturated heterocycles. The molecule has 5 atom stereocenters. The van der Waals surface area contributed by atoms with Gasteiger partial charge in [-0.1, -0.05) is 62.2 Å². The molecule has 2 bridgehead atoms. The minimum absolute atomic E-state index is 0.0920. The number of rotatable bonds is 15. The molecule has 0 aliphatic carbocycles. The van der Waals surface area contributed by atoms with Crippen LogP contribution in [0.3, 0.4) is 0 Å². The average Bonchev–Trinajstić information content (AvgIpc) is 3.58. The minimum atomic E-state index is -1.04. The van der Waals surface area contributed by atoms with E-state index < -0.39 is 29.6 Å². The summed E-state index contributed by atoms with van der Waals surface area (Å²) in [6.07, 6.45) is 7.45. The van der Waals surface area contributed by atoms with E-state index in [0.717, 1.165) is 24.8 Å². The zero-order chi connectivity index (χ0) is 28.0. The van der Waals surface area contributed by atoms with Crippen LogP contribution >= 0.6 is 0 Å². The Bertz CT molecular complexity index is 1050. The highest BCUT2D eigenvalue weighted by molar-refractivity contribution is 5.99. The second kappa shape index (κ2) is 12.9. The summed E-state index contributed by atoms with van der Waals surface area (Å²) in [6, 6.07) is 8.94. The number of carbonyl (C=O) groups excluding carboxylic acids is 3. The Morgan fingerprint density at radius 3 is 2.49 bits per heavy atom. The fraction of sp³-hybridized carbons (Fsp3) is 0.581. The highest BCUT2D eigenvalue weighted by Gasteiger charge is 2.74. The molecule has 3 aliphatic heterocycles. The van der Waals surface area contributed by atoms with Crippen molar-refractivity contribution in [2.75, 3.05) is 32.8 Å². The van der Waals surface area contributed by atoms with Gasteiger partial charge in [-0.2, -0.15) is 0 Å². The summed E-state index contributed by atoms with van der Waals surface area (Å²) in [5.41, 5.74) is -0.0419. The number of nitrogens with zero attached hydrogens (tertiary/aromatic N) is 3. The predicted octanol–water partition coefficient (Wildman–Crippen LogP) is 3.16. The lowest BCUT2D eigenvalue weighted by Gasteiger charge is -2.37. The molecule has 1 N–H and O–H groups in total. The molecule has 1 aromatic carbocycles. The molecule has 39 heavy (non-hydrogen) atoms. The number of hydrogen-bond donors (Lipinski definition) is 1. The van der Waals surface area contributed by atoms with Crippen molar-refractivity contribution in [2.45, 2.75) is 69.7 Å². The van der Waals surface area contributed by atoms with E-state index in [1.165, 1.54) is 0 Å². The van der Waals surface area contributed by atoms with Crippen molar-refractivity contribution in [3.05, 3.63) is 61.2 Å². The first kappa shape index (κ1) is 29.0. The summed E-state index contributed by atoms with van der Waals surface area (Å²) in [4.78, 5) is 47.4. The molecule has 0 aromatic heterocycles. The van der Waals surface area contributed by atoms with Crippen LogP contribution in [0, 0.1) is 11.8 Å². The molecule has 1 aromatic rings. The molecule has 212 valence electrons. The molecule has 3 aliphatic rings. The maximum Gasteiger partial charge on any atom is 0.248 e. The summed E-state index contributed by atoms with van der Waals surface area (Å²) in [5, 5.41) is 9.57. The summed E-state index contributed by atoms with van der Waals surface area (Å²) in [5.74, 6) is -1.88. The molecular formula is C31H43N3O5. The van der Waals surface area contributed by atoms with Gasteiger partial charge in [-0.3, -0.25) is 14.4 Å². The first-order valence-electron chi connectivity index (χ1n) is 14.4. The molecule has 3 amide bonds. The zero-order valence-corrected chi connectivity index (χ0v) is 23.2. The largest absolute Gasteiger partial charge is 0.396 e. The van der Waals surface area contributed by atoms with Gasteiger partial charge < -0.3 is 24.5 Å². The molecule has 8 heteroatoms. The molecule has 3 fully saturated rings. The standard InChI is InChI=1S/C31H43N3O5/c1-4-7-11-19-32(17-5-2)30(38)27-31-16-15-24(39-31)25(26(31)29(37)34(27)20-12-21-35)28(36)33(18-6-3)22-23-13-9-8-10-14-23/h5-6,8-10,13-14,24-27,35H,2-4,7,11-12,15-22H2,1H3/t24-,25+,26-,27?,31?/m0/s1. The van der Waals surface area contributed by atoms with E-state index in [4.69, 9.17) is 4.74 Å². The Kier molecular flexibility index (Phi) is 9.62. The van der Waals surface area contributed by atoms with Crippen LogP contribution in [0.1, 0.15) is 51.0 Å². The summed E-state index contributed by atoms with van der Waals surface area (Å²) in [7, 11) is 0. The van der Waals surface area contributed by atoms with Gasteiger partial charge in [0.15, 0.2) is 0 Å². The molecule has 0 saturated carbocycles. The fourth-order valence-corrected chi connectivity index (χ4v) is 6.77. The van der Waals surface area contributed by atoms with Gasteiger partial charge in [0.1, 0.15) is 11.6 Å². The van der Waals surface area contributed by atoms with Gasteiger partial charge in [0.2, 0.25) is 17.7 Å². The molecule has 1 spiro atoms. The molecule has 4 rings (SSSR count). The van der Waals surface area contributed by atoms with Crippen LogP contribution in [0.15, 0.2) is 55.6 Å². The summed E-state index contributed by atoms with van der Waals surface area (Å²) >= 11 is 0. The van der Waals surface area contributed by atoms with Gasteiger partial charge in [-0.05, 0) is 31.2 Å². The second-order valence-electron chi connectivity index (χ2n) is 10.9. The van der Waals surface area contributed by atoms with E-state index in [2.05, 4.69) is 20.1 Å². The number of ether oxygens (including phenoxy) is 1. The van der Waals surface area contributed by atoms with Crippen LogP contribution < -0.4 is 0 Å². The van der Waals surface area contributed by atoms with Gasteiger partial charge in [0, 0.05) is 39.3 Å². The summed E-state index contributed by atoms with van der Waals surface area (Å²) in [6.45, 7) is 11.7. The predicted molar refractivity (Wildman–Crippen MR) is 149 cm³/mol. The van der Waals surface area contributed by atoms with Crippen LogP contribution in [-0.4, -0.2) is 88.1 Å². The van der Waals surface area contributed by atoms with Crippen molar-refractivity contribution < 1.29 is 24.2 Å². The quantitative estimate of drug-likeness (QED) is 0.274. The Labute approximate surface area is 232 Å². The molecule has 2 unspecified atom stereocenters. The van der Waals surface area contributed by atoms with Gasteiger partial charge in [-0.15, -0.1) is 13.2 Å². The number of benzene rings is 1. The van der Waals surface area contributed by atoms with Crippen molar-refractivity contribution >= 4 is 17.7 Å². The number of aliphatic hydroxyl groups excluding tert-OH is 1. The number of amides is 3. The Morgan fingerprint density at radius 1 is 1.10 bits per heavy atom. The molecular weight excluding hydrogens is 494 g/mol. The lowest BCUT2D eigenvalue weighted by molar-refractivity contribution is -0.149. The number of hydrogen-bond acceptors (Lipinski definition) is 5. The van der Waals surface area contributed by atoms with E-state index in [1.807, 2.05) is 30.3 Å². The van der Waals surface area contributed by atoms with Gasteiger partial charge in [0.25, 0.3) is 0 Å². The summed E-state index contributed by atoms with van der Waals surface area (Å²) < 4.78 is 6.59. The lowest BCUT2D eigenvalue weighted by atomic mass is 9.70. The minimum Gasteiger partial charge on any atom is -0.396 e. The highest BCUT2D eigenvalue weighted by atomic mass is 16.5. The van der Waals surface area contributed by atoms with Gasteiger partial charge in [-0.25, -0.2) is 0 Å². The van der Waals surface area contributed by atoms with Crippen molar-refractivity contribution in [2.24, 2.45) is 11.8 Å². The smallest absolute Gasteiger partial charge is 0.248 e. The second-order valence-corrected chi connectivity index (χ2v) is 10.9. The van der Waals surface area contributed by atoms with Gasteiger partial charge in [0.05, 0.1) is 17.9 Å².